The highest BCUT2D eigenvalue weighted by molar-refractivity contribution is 7.88. The summed E-state index contributed by atoms with van der Waals surface area (Å²) in [7, 11) is -1.33. The molecule has 2 rings (SSSR count). The van der Waals surface area contributed by atoms with Crippen molar-refractivity contribution >= 4 is 15.9 Å². The third-order valence-corrected chi connectivity index (χ3v) is 5.36. The van der Waals surface area contributed by atoms with Crippen molar-refractivity contribution in [3.63, 3.8) is 0 Å². The number of sulfonamides is 1. The van der Waals surface area contributed by atoms with Crippen LogP contribution in [0.2, 0.25) is 0 Å². The average Bonchev–Trinajstić information content (AvgIpc) is 2.25. The standard InChI is InChI=1S/C11H20N2O3S/c1-12-10(14)5-3-6-11(12)7-4-8-13(9-11)17(2,15)16/h3-9H2,1-2H3/t11-/m0/s1. The van der Waals surface area contributed by atoms with Gasteiger partial charge in [-0.15, -0.1) is 0 Å². The molecule has 17 heavy (non-hydrogen) atoms. The van der Waals surface area contributed by atoms with Crippen LogP contribution in [0.15, 0.2) is 0 Å². The summed E-state index contributed by atoms with van der Waals surface area (Å²) in [4.78, 5) is 13.6. The second kappa shape index (κ2) is 4.24. The Morgan fingerprint density at radius 3 is 2.53 bits per heavy atom. The molecular weight excluding hydrogens is 240 g/mol. The van der Waals surface area contributed by atoms with Gasteiger partial charge in [0.25, 0.3) is 0 Å². The first kappa shape index (κ1) is 12.8. The van der Waals surface area contributed by atoms with Gasteiger partial charge in [0.05, 0.1) is 11.8 Å². The van der Waals surface area contributed by atoms with E-state index in [1.807, 2.05) is 7.05 Å². The van der Waals surface area contributed by atoms with Crippen LogP contribution in [0.3, 0.4) is 0 Å². The monoisotopic (exact) mass is 260 g/mol. The fraction of sp³-hybridized carbons (Fsp3) is 0.909. The molecule has 1 amide bonds. The Balaban J connectivity index is 2.23. The molecule has 0 radical (unpaired) electrons. The first-order valence-corrected chi connectivity index (χ1v) is 7.92. The highest BCUT2D eigenvalue weighted by Crippen LogP contribution is 2.36. The zero-order chi connectivity index (χ0) is 12.7. The van der Waals surface area contributed by atoms with E-state index < -0.39 is 10.0 Å². The third-order valence-electron chi connectivity index (χ3n) is 4.11. The molecule has 1 spiro atoms. The Hall–Kier alpha value is -0.620. The molecule has 98 valence electrons. The van der Waals surface area contributed by atoms with Gasteiger partial charge < -0.3 is 4.90 Å². The Morgan fingerprint density at radius 2 is 1.88 bits per heavy atom. The van der Waals surface area contributed by atoms with Crippen LogP contribution in [0.4, 0.5) is 0 Å². The Bertz CT molecular complexity index is 416. The number of hydrogen-bond donors (Lipinski definition) is 0. The van der Waals surface area contributed by atoms with Crippen LogP contribution in [0.25, 0.3) is 0 Å². The van der Waals surface area contributed by atoms with Gasteiger partial charge in [-0.3, -0.25) is 4.79 Å². The molecule has 0 N–H and O–H groups in total. The van der Waals surface area contributed by atoms with E-state index >= 15 is 0 Å². The van der Waals surface area contributed by atoms with Crippen LogP contribution in [0.5, 0.6) is 0 Å². The largest absolute Gasteiger partial charge is 0.339 e. The number of nitrogens with zero attached hydrogens (tertiary/aromatic N) is 2. The molecule has 5 nitrogen and oxygen atoms in total. The first-order valence-electron chi connectivity index (χ1n) is 6.07. The topological polar surface area (TPSA) is 57.7 Å². The van der Waals surface area contributed by atoms with Crippen molar-refractivity contribution in [2.45, 2.75) is 37.6 Å². The quantitative estimate of drug-likeness (QED) is 0.686. The van der Waals surface area contributed by atoms with E-state index in [9.17, 15) is 13.2 Å². The summed E-state index contributed by atoms with van der Waals surface area (Å²) in [6.07, 6.45) is 5.39. The van der Waals surface area contributed by atoms with Crippen LogP contribution in [0, 0.1) is 0 Å². The molecule has 0 aliphatic carbocycles. The second-order valence-corrected chi connectivity index (χ2v) is 7.21. The van der Waals surface area contributed by atoms with Crippen LogP contribution >= 0.6 is 0 Å². The van der Waals surface area contributed by atoms with Gasteiger partial charge in [0.1, 0.15) is 0 Å². The predicted octanol–water partition coefficient (Wildman–Crippen LogP) is 0.423. The van der Waals surface area contributed by atoms with E-state index in [2.05, 4.69) is 0 Å². The molecule has 2 fully saturated rings. The van der Waals surface area contributed by atoms with Crippen molar-refractivity contribution in [1.82, 2.24) is 9.21 Å². The smallest absolute Gasteiger partial charge is 0.222 e. The number of carbonyl (C=O) groups is 1. The SMILES string of the molecule is CN1C(=O)CCC[C@@]12CCCN(S(C)(=O)=O)C2. The van der Waals surface area contributed by atoms with E-state index in [1.165, 1.54) is 10.6 Å². The lowest BCUT2D eigenvalue weighted by Crippen LogP contribution is -2.61. The molecule has 1 atom stereocenters. The highest BCUT2D eigenvalue weighted by Gasteiger charge is 2.44. The molecule has 6 heteroatoms. The lowest BCUT2D eigenvalue weighted by molar-refractivity contribution is -0.141. The maximum absolute atomic E-state index is 11.8. The minimum atomic E-state index is -3.15. The van der Waals surface area contributed by atoms with E-state index in [0.717, 1.165) is 25.7 Å². The maximum atomic E-state index is 11.8. The van der Waals surface area contributed by atoms with Crippen molar-refractivity contribution in [2.75, 3.05) is 26.4 Å². The molecule has 0 aromatic rings. The van der Waals surface area contributed by atoms with Crippen LogP contribution in [-0.2, 0) is 14.8 Å². The lowest BCUT2D eigenvalue weighted by atomic mass is 9.81. The summed E-state index contributed by atoms with van der Waals surface area (Å²) in [5.41, 5.74) is -0.253. The molecule has 2 aliphatic heterocycles. The van der Waals surface area contributed by atoms with Crippen molar-refractivity contribution in [1.29, 1.82) is 0 Å². The Kier molecular flexibility index (Phi) is 3.20. The summed E-state index contributed by atoms with van der Waals surface area (Å²) in [5.74, 6) is 0.145. The van der Waals surface area contributed by atoms with Gasteiger partial charge >= 0.3 is 0 Å². The van der Waals surface area contributed by atoms with Gasteiger partial charge in [-0.2, -0.15) is 4.31 Å². The fourth-order valence-corrected chi connectivity index (χ4v) is 3.94. The summed E-state index contributed by atoms with van der Waals surface area (Å²) < 4.78 is 24.8. The molecule has 0 bridgehead atoms. The van der Waals surface area contributed by atoms with E-state index in [4.69, 9.17) is 0 Å². The van der Waals surface area contributed by atoms with Crippen LogP contribution in [-0.4, -0.2) is 55.5 Å². The minimum absolute atomic E-state index is 0.145. The molecule has 0 unspecified atom stereocenters. The molecule has 0 aromatic carbocycles. The zero-order valence-electron chi connectivity index (χ0n) is 10.5. The lowest BCUT2D eigenvalue weighted by Gasteiger charge is -2.50. The van der Waals surface area contributed by atoms with E-state index in [0.29, 0.717) is 19.5 Å². The number of hydrogen-bond acceptors (Lipinski definition) is 3. The van der Waals surface area contributed by atoms with Gasteiger partial charge in [-0.1, -0.05) is 0 Å². The number of piperidine rings is 2. The predicted molar refractivity (Wildman–Crippen MR) is 65.0 cm³/mol. The van der Waals surface area contributed by atoms with Crippen molar-refractivity contribution in [2.24, 2.45) is 0 Å². The van der Waals surface area contributed by atoms with Crippen molar-refractivity contribution in [3.8, 4) is 0 Å². The van der Waals surface area contributed by atoms with E-state index in [-0.39, 0.29) is 11.4 Å². The average molecular weight is 260 g/mol. The number of carbonyl (C=O) groups excluding carboxylic acids is 1. The molecule has 2 heterocycles. The zero-order valence-corrected chi connectivity index (χ0v) is 11.3. The number of rotatable bonds is 1. The molecule has 0 aromatic heterocycles. The fourth-order valence-electron chi connectivity index (χ4n) is 3.00. The maximum Gasteiger partial charge on any atom is 0.222 e. The van der Waals surface area contributed by atoms with Crippen LogP contribution < -0.4 is 0 Å². The summed E-state index contributed by atoms with van der Waals surface area (Å²) in [6.45, 7) is 1.05. The van der Waals surface area contributed by atoms with Gasteiger partial charge in [0.2, 0.25) is 15.9 Å². The summed E-state index contributed by atoms with van der Waals surface area (Å²) >= 11 is 0. The van der Waals surface area contributed by atoms with Gasteiger partial charge in [-0.05, 0) is 25.7 Å². The molecular formula is C11H20N2O3S. The van der Waals surface area contributed by atoms with Gasteiger partial charge in [0, 0.05) is 26.6 Å². The number of likely N-dealkylation sites (tertiary alicyclic amines) is 1. The normalized spacial score (nSPS) is 32.1. The Labute approximate surface area is 103 Å². The highest BCUT2D eigenvalue weighted by atomic mass is 32.2. The molecule has 0 saturated carbocycles. The molecule has 2 saturated heterocycles. The van der Waals surface area contributed by atoms with Crippen molar-refractivity contribution in [3.05, 3.63) is 0 Å². The van der Waals surface area contributed by atoms with Crippen molar-refractivity contribution < 1.29 is 13.2 Å². The number of amides is 1. The Morgan fingerprint density at radius 1 is 1.24 bits per heavy atom. The minimum Gasteiger partial charge on any atom is -0.339 e. The summed E-state index contributed by atoms with van der Waals surface area (Å²) in [5, 5.41) is 0. The first-order chi connectivity index (χ1) is 7.85. The van der Waals surface area contributed by atoms with Gasteiger partial charge in [0.15, 0.2) is 0 Å². The van der Waals surface area contributed by atoms with Crippen LogP contribution in [0.1, 0.15) is 32.1 Å². The second-order valence-electron chi connectivity index (χ2n) is 5.23. The van der Waals surface area contributed by atoms with E-state index in [1.54, 1.807) is 4.90 Å². The number of likely N-dealkylation sites (N-methyl/N-ethyl adjacent to an activating group) is 1. The van der Waals surface area contributed by atoms with Gasteiger partial charge in [-0.25, -0.2) is 8.42 Å². The molecule has 2 aliphatic rings. The summed E-state index contributed by atoms with van der Waals surface area (Å²) in [6, 6.07) is 0. The third kappa shape index (κ3) is 2.33.